The van der Waals surface area contributed by atoms with Crippen molar-refractivity contribution in [2.24, 2.45) is 11.8 Å². The van der Waals surface area contributed by atoms with Gasteiger partial charge in [-0.15, -0.1) is 0 Å². The van der Waals surface area contributed by atoms with E-state index in [0.29, 0.717) is 12.6 Å². The minimum atomic E-state index is -0.435. The molecular formula is C12H18N2O3. The van der Waals surface area contributed by atoms with Gasteiger partial charge >= 0.3 is 5.97 Å². The van der Waals surface area contributed by atoms with Gasteiger partial charge in [0.1, 0.15) is 6.26 Å². The number of hydrogen-bond acceptors (Lipinski definition) is 5. The van der Waals surface area contributed by atoms with E-state index in [1.54, 1.807) is 6.92 Å². The number of ether oxygens (including phenoxy) is 1. The molecule has 0 amide bonds. The molecule has 0 aromatic carbocycles. The zero-order valence-electron chi connectivity index (χ0n) is 10.5. The quantitative estimate of drug-likeness (QED) is 0.734. The number of carbonyl (C=O) groups is 1. The summed E-state index contributed by atoms with van der Waals surface area (Å²) in [7, 11) is 1.92. The van der Waals surface area contributed by atoms with Crippen LogP contribution in [0.25, 0.3) is 0 Å². The van der Waals surface area contributed by atoms with E-state index in [1.165, 1.54) is 12.7 Å². The third-order valence-corrected chi connectivity index (χ3v) is 3.09. The standard InChI is InChI=1S/C12H18N2O3/c1-4-16-11(15)10-7-17-12(13-10)14(3)6-9-5-8(9)2/h7-9H,4-6H2,1-3H3. The summed E-state index contributed by atoms with van der Waals surface area (Å²) in [6, 6.07) is 0.479. The van der Waals surface area contributed by atoms with E-state index in [9.17, 15) is 4.79 Å². The predicted octanol–water partition coefficient (Wildman–Crippen LogP) is 1.94. The molecule has 0 saturated heterocycles. The van der Waals surface area contributed by atoms with E-state index < -0.39 is 5.97 Å². The summed E-state index contributed by atoms with van der Waals surface area (Å²) < 4.78 is 10.1. The Kier molecular flexibility index (Phi) is 3.36. The fourth-order valence-corrected chi connectivity index (χ4v) is 1.82. The van der Waals surface area contributed by atoms with Crippen molar-refractivity contribution >= 4 is 12.0 Å². The van der Waals surface area contributed by atoms with Gasteiger partial charge in [0.2, 0.25) is 0 Å². The van der Waals surface area contributed by atoms with E-state index in [0.717, 1.165) is 18.4 Å². The molecule has 1 aliphatic rings. The van der Waals surface area contributed by atoms with Crippen LogP contribution in [-0.4, -0.2) is 31.2 Å². The zero-order valence-corrected chi connectivity index (χ0v) is 10.5. The Bertz CT molecular complexity index is 402. The van der Waals surface area contributed by atoms with Crippen molar-refractivity contribution < 1.29 is 13.9 Å². The van der Waals surface area contributed by atoms with Crippen molar-refractivity contribution in [1.29, 1.82) is 0 Å². The molecule has 2 atom stereocenters. The highest BCUT2D eigenvalue weighted by molar-refractivity contribution is 5.87. The monoisotopic (exact) mass is 238 g/mol. The Morgan fingerprint density at radius 1 is 1.71 bits per heavy atom. The maximum Gasteiger partial charge on any atom is 0.360 e. The number of anilines is 1. The molecule has 0 radical (unpaired) electrons. The molecule has 1 aromatic rings. The normalized spacial score (nSPS) is 22.3. The summed E-state index contributed by atoms with van der Waals surface area (Å²) >= 11 is 0. The van der Waals surface area contributed by atoms with Crippen LogP contribution in [0.3, 0.4) is 0 Å². The van der Waals surface area contributed by atoms with E-state index in [1.807, 2.05) is 11.9 Å². The minimum Gasteiger partial charge on any atom is -0.461 e. The number of carbonyl (C=O) groups excluding carboxylic acids is 1. The van der Waals surface area contributed by atoms with Gasteiger partial charge < -0.3 is 14.1 Å². The fourth-order valence-electron chi connectivity index (χ4n) is 1.82. The average Bonchev–Trinajstić information content (AvgIpc) is 2.83. The molecule has 94 valence electrons. The molecule has 1 heterocycles. The van der Waals surface area contributed by atoms with Crippen LogP contribution in [0, 0.1) is 11.8 Å². The van der Waals surface area contributed by atoms with Crippen molar-refractivity contribution in [3.05, 3.63) is 12.0 Å². The zero-order chi connectivity index (χ0) is 12.4. The first-order chi connectivity index (χ1) is 8.11. The Hall–Kier alpha value is -1.52. The Balaban J connectivity index is 1.94. The second-order valence-electron chi connectivity index (χ2n) is 4.59. The van der Waals surface area contributed by atoms with Gasteiger partial charge in [-0.2, -0.15) is 4.98 Å². The van der Waals surface area contributed by atoms with Gasteiger partial charge in [-0.3, -0.25) is 0 Å². The van der Waals surface area contributed by atoms with Crippen molar-refractivity contribution in [2.75, 3.05) is 25.1 Å². The van der Waals surface area contributed by atoms with Crippen molar-refractivity contribution in [1.82, 2.24) is 4.98 Å². The largest absolute Gasteiger partial charge is 0.461 e. The van der Waals surface area contributed by atoms with Gasteiger partial charge in [0.25, 0.3) is 6.01 Å². The van der Waals surface area contributed by atoms with Crippen LogP contribution in [0.5, 0.6) is 0 Å². The van der Waals surface area contributed by atoms with E-state index >= 15 is 0 Å². The maximum absolute atomic E-state index is 11.4. The second kappa shape index (κ2) is 4.77. The van der Waals surface area contributed by atoms with Gasteiger partial charge in [0.05, 0.1) is 6.61 Å². The summed E-state index contributed by atoms with van der Waals surface area (Å²) in [5, 5.41) is 0. The van der Waals surface area contributed by atoms with Gasteiger partial charge in [0, 0.05) is 13.6 Å². The summed E-state index contributed by atoms with van der Waals surface area (Å²) in [4.78, 5) is 17.5. The van der Waals surface area contributed by atoms with Crippen molar-refractivity contribution in [2.45, 2.75) is 20.3 Å². The Morgan fingerprint density at radius 2 is 2.41 bits per heavy atom. The number of aromatic nitrogens is 1. The van der Waals surface area contributed by atoms with Gasteiger partial charge in [-0.1, -0.05) is 6.92 Å². The maximum atomic E-state index is 11.4. The number of hydrogen-bond donors (Lipinski definition) is 0. The lowest BCUT2D eigenvalue weighted by molar-refractivity contribution is 0.0519. The second-order valence-corrected chi connectivity index (χ2v) is 4.59. The number of rotatable bonds is 5. The molecule has 2 unspecified atom stereocenters. The smallest absolute Gasteiger partial charge is 0.360 e. The highest BCUT2D eigenvalue weighted by Crippen LogP contribution is 2.38. The minimum absolute atomic E-state index is 0.234. The first kappa shape index (κ1) is 12.0. The molecule has 1 aromatic heterocycles. The van der Waals surface area contributed by atoms with Crippen LogP contribution in [0.1, 0.15) is 30.8 Å². The molecule has 2 rings (SSSR count). The highest BCUT2D eigenvalue weighted by atomic mass is 16.5. The van der Waals surface area contributed by atoms with Gasteiger partial charge in [-0.25, -0.2) is 4.79 Å². The van der Waals surface area contributed by atoms with Crippen LogP contribution in [-0.2, 0) is 4.74 Å². The van der Waals surface area contributed by atoms with E-state index in [-0.39, 0.29) is 5.69 Å². The molecule has 1 saturated carbocycles. The van der Waals surface area contributed by atoms with Crippen LogP contribution in [0.4, 0.5) is 6.01 Å². The SMILES string of the molecule is CCOC(=O)c1coc(N(C)CC2CC2C)n1. The van der Waals surface area contributed by atoms with Crippen LogP contribution in [0.2, 0.25) is 0 Å². The Morgan fingerprint density at radius 3 is 3.00 bits per heavy atom. The molecule has 5 heteroatoms. The van der Waals surface area contributed by atoms with Gasteiger partial charge in [-0.05, 0) is 25.2 Å². The summed E-state index contributed by atoms with van der Waals surface area (Å²) in [5.41, 5.74) is 0.234. The van der Waals surface area contributed by atoms with Crippen molar-refractivity contribution in [3.8, 4) is 0 Å². The molecule has 0 N–H and O–H groups in total. The van der Waals surface area contributed by atoms with Crippen molar-refractivity contribution in [3.63, 3.8) is 0 Å². The lowest BCUT2D eigenvalue weighted by atomic mass is 10.3. The van der Waals surface area contributed by atoms with Crippen LogP contribution < -0.4 is 4.90 Å². The topological polar surface area (TPSA) is 55.6 Å². The summed E-state index contributed by atoms with van der Waals surface area (Å²) in [6.07, 6.45) is 2.61. The first-order valence-corrected chi connectivity index (χ1v) is 5.95. The third-order valence-electron chi connectivity index (χ3n) is 3.09. The molecule has 0 spiro atoms. The third kappa shape index (κ3) is 2.78. The first-order valence-electron chi connectivity index (χ1n) is 5.95. The van der Waals surface area contributed by atoms with Gasteiger partial charge in [0.15, 0.2) is 5.69 Å². The summed E-state index contributed by atoms with van der Waals surface area (Å²) in [5.74, 6) is 1.07. The molecule has 1 aliphatic carbocycles. The molecule has 0 aliphatic heterocycles. The van der Waals surface area contributed by atoms with E-state index in [4.69, 9.17) is 9.15 Å². The molecule has 1 fully saturated rings. The molecule has 5 nitrogen and oxygen atoms in total. The van der Waals surface area contributed by atoms with Crippen LogP contribution >= 0.6 is 0 Å². The molecular weight excluding hydrogens is 220 g/mol. The Labute approximate surface area is 101 Å². The highest BCUT2D eigenvalue weighted by Gasteiger charge is 2.34. The fraction of sp³-hybridized carbons (Fsp3) is 0.667. The lowest BCUT2D eigenvalue weighted by Crippen LogP contribution is -2.21. The number of esters is 1. The van der Waals surface area contributed by atoms with Crippen LogP contribution in [0.15, 0.2) is 10.7 Å². The molecule has 17 heavy (non-hydrogen) atoms. The summed E-state index contributed by atoms with van der Waals surface area (Å²) in [6.45, 7) is 5.26. The van der Waals surface area contributed by atoms with E-state index in [2.05, 4.69) is 11.9 Å². The molecule has 0 bridgehead atoms. The predicted molar refractivity (Wildman–Crippen MR) is 63.0 cm³/mol. The lowest BCUT2D eigenvalue weighted by Gasteiger charge is -2.13. The number of oxazole rings is 1. The average molecular weight is 238 g/mol. The number of nitrogens with zero attached hydrogens (tertiary/aromatic N) is 2.